The molecule has 3 heterocycles. The molecule has 7 heteroatoms. The number of aryl methyl sites for hydroxylation is 3. The summed E-state index contributed by atoms with van der Waals surface area (Å²) in [6, 6.07) is 20.2. The zero-order valence-corrected chi connectivity index (χ0v) is 22.6. The van der Waals surface area contributed by atoms with E-state index < -0.39 is 0 Å². The van der Waals surface area contributed by atoms with Crippen molar-refractivity contribution in [2.24, 2.45) is 0 Å². The molecule has 0 amide bonds. The van der Waals surface area contributed by atoms with Crippen molar-refractivity contribution in [2.75, 3.05) is 12.0 Å². The van der Waals surface area contributed by atoms with Crippen LogP contribution in [-0.2, 0) is 0 Å². The monoisotopic (exact) mass is 516 g/mol. The van der Waals surface area contributed by atoms with Crippen LogP contribution in [0.25, 0.3) is 5.69 Å². The van der Waals surface area contributed by atoms with Crippen LogP contribution in [0, 0.1) is 27.7 Å². The topological polar surface area (TPSA) is 42.3 Å². The van der Waals surface area contributed by atoms with Gasteiger partial charge in [-0.15, -0.1) is 0 Å². The smallest absolute Gasteiger partial charge is 0.174 e. The van der Waals surface area contributed by atoms with Crippen molar-refractivity contribution in [3.8, 4) is 11.4 Å². The minimum Gasteiger partial charge on any atom is -0.495 e. The summed E-state index contributed by atoms with van der Waals surface area (Å²) >= 11 is 12.3. The molecule has 2 aromatic carbocycles. The molecule has 0 spiro atoms. The normalized spacial score (nSPS) is 17.4. The van der Waals surface area contributed by atoms with Crippen molar-refractivity contribution >= 4 is 34.6 Å². The summed E-state index contributed by atoms with van der Waals surface area (Å²) in [4.78, 5) is 6.92. The highest BCUT2D eigenvalue weighted by Gasteiger charge is 2.42. The number of thiocarbonyl (C=S) groups is 1. The highest BCUT2D eigenvalue weighted by Crippen LogP contribution is 2.44. The maximum atomic E-state index is 6.40. The van der Waals surface area contributed by atoms with Crippen LogP contribution in [0.2, 0.25) is 5.02 Å². The first kappa shape index (κ1) is 24.3. The van der Waals surface area contributed by atoms with Gasteiger partial charge in [0.15, 0.2) is 5.11 Å². The molecule has 1 fully saturated rings. The van der Waals surface area contributed by atoms with Crippen LogP contribution in [-0.4, -0.2) is 21.8 Å². The second-order valence-corrected chi connectivity index (χ2v) is 10.1. The first-order valence-corrected chi connectivity index (χ1v) is 12.7. The molecule has 5 nitrogen and oxygen atoms in total. The van der Waals surface area contributed by atoms with Crippen LogP contribution in [0.15, 0.2) is 66.9 Å². The van der Waals surface area contributed by atoms with E-state index >= 15 is 0 Å². The molecule has 0 saturated carbocycles. The van der Waals surface area contributed by atoms with E-state index in [-0.39, 0.29) is 12.1 Å². The number of hydrogen-bond acceptors (Lipinski definition) is 3. The molecular formula is C29H29ClN4OS. The van der Waals surface area contributed by atoms with Crippen LogP contribution in [0.5, 0.6) is 5.75 Å². The van der Waals surface area contributed by atoms with Gasteiger partial charge in [-0.2, -0.15) is 0 Å². The molecule has 0 bridgehead atoms. The molecule has 36 heavy (non-hydrogen) atoms. The number of pyridine rings is 1. The Morgan fingerprint density at radius 3 is 2.47 bits per heavy atom. The number of benzene rings is 2. The predicted molar refractivity (Wildman–Crippen MR) is 151 cm³/mol. The van der Waals surface area contributed by atoms with Gasteiger partial charge < -0.3 is 19.5 Å². The fourth-order valence-corrected chi connectivity index (χ4v) is 5.63. The molecule has 2 atom stereocenters. The summed E-state index contributed by atoms with van der Waals surface area (Å²) in [7, 11) is 1.68. The van der Waals surface area contributed by atoms with Crippen molar-refractivity contribution in [1.82, 2.24) is 14.9 Å². The van der Waals surface area contributed by atoms with Gasteiger partial charge in [-0.3, -0.25) is 4.98 Å². The number of ether oxygens (including phenoxy) is 1. The van der Waals surface area contributed by atoms with Gasteiger partial charge in [-0.1, -0.05) is 23.7 Å². The number of anilines is 1. The summed E-state index contributed by atoms with van der Waals surface area (Å²) in [6.07, 6.45) is 1.83. The Kier molecular flexibility index (Phi) is 6.49. The fourth-order valence-electron chi connectivity index (χ4n) is 5.12. The minimum atomic E-state index is -0.115. The van der Waals surface area contributed by atoms with Crippen molar-refractivity contribution in [3.05, 3.63) is 106 Å². The largest absolute Gasteiger partial charge is 0.495 e. The Labute approximate surface area is 222 Å². The SMILES string of the molecule is COc1ccc(Cl)cc1-n1c(C)cc([C@@H]2[C@@H](c3ccccn3)NC(=S)N2c2ccc(C)c(C)c2)c1C. The van der Waals surface area contributed by atoms with E-state index in [2.05, 4.69) is 72.8 Å². The van der Waals surface area contributed by atoms with E-state index in [9.17, 15) is 0 Å². The molecule has 2 aromatic heterocycles. The third kappa shape index (κ3) is 4.14. The average Bonchev–Trinajstić information content (AvgIpc) is 3.36. The second kappa shape index (κ2) is 9.60. The summed E-state index contributed by atoms with van der Waals surface area (Å²) in [5.41, 5.74) is 8.73. The van der Waals surface area contributed by atoms with Gasteiger partial charge in [-0.05, 0) is 105 Å². The standard InChI is InChI=1S/C29H29ClN4OS/c1-17-9-11-22(14-18(17)2)34-28(27(32-29(34)36)24-8-6-7-13-31-24)23-15-19(3)33(20(23)4)25-16-21(30)10-12-26(25)35-5/h6-16,27-28H,1-5H3,(H,32,36)/t27-,28-/m1/s1. The molecule has 0 aliphatic carbocycles. The lowest BCUT2D eigenvalue weighted by Gasteiger charge is -2.28. The maximum Gasteiger partial charge on any atom is 0.174 e. The molecule has 1 saturated heterocycles. The Morgan fingerprint density at radius 1 is 0.972 bits per heavy atom. The Bertz CT molecular complexity index is 1450. The van der Waals surface area contributed by atoms with Gasteiger partial charge in [0.1, 0.15) is 5.75 Å². The number of nitrogens with zero attached hydrogens (tertiary/aromatic N) is 3. The number of halogens is 1. The summed E-state index contributed by atoms with van der Waals surface area (Å²) < 4.78 is 7.89. The Morgan fingerprint density at radius 2 is 1.78 bits per heavy atom. The van der Waals surface area contributed by atoms with E-state index in [4.69, 9.17) is 33.5 Å². The van der Waals surface area contributed by atoms with Gasteiger partial charge in [0.05, 0.1) is 30.6 Å². The predicted octanol–water partition coefficient (Wildman–Crippen LogP) is 6.95. The van der Waals surface area contributed by atoms with Crippen molar-refractivity contribution in [1.29, 1.82) is 0 Å². The highest BCUT2D eigenvalue weighted by atomic mass is 35.5. The number of aromatic nitrogens is 2. The van der Waals surface area contributed by atoms with E-state index in [0.29, 0.717) is 10.1 Å². The van der Waals surface area contributed by atoms with Gasteiger partial charge in [0, 0.05) is 28.3 Å². The lowest BCUT2D eigenvalue weighted by atomic mass is 9.96. The van der Waals surface area contributed by atoms with Crippen molar-refractivity contribution < 1.29 is 4.74 Å². The van der Waals surface area contributed by atoms with E-state index in [1.807, 2.05) is 36.5 Å². The lowest BCUT2D eigenvalue weighted by Crippen LogP contribution is -2.29. The number of nitrogens with one attached hydrogen (secondary N) is 1. The quantitative estimate of drug-likeness (QED) is 0.291. The molecule has 184 valence electrons. The van der Waals surface area contributed by atoms with E-state index in [0.717, 1.165) is 39.8 Å². The van der Waals surface area contributed by atoms with Gasteiger partial charge in [0.25, 0.3) is 0 Å². The summed E-state index contributed by atoms with van der Waals surface area (Å²) in [5, 5.41) is 4.91. The third-order valence-electron chi connectivity index (χ3n) is 7.04. The first-order chi connectivity index (χ1) is 17.3. The van der Waals surface area contributed by atoms with Crippen LogP contribution < -0.4 is 15.0 Å². The Balaban J connectivity index is 1.71. The molecule has 0 unspecified atom stereocenters. The second-order valence-electron chi connectivity index (χ2n) is 9.24. The van der Waals surface area contributed by atoms with E-state index in [1.165, 1.54) is 11.1 Å². The van der Waals surface area contributed by atoms with Crippen LogP contribution >= 0.6 is 23.8 Å². The first-order valence-electron chi connectivity index (χ1n) is 11.9. The lowest BCUT2D eigenvalue weighted by molar-refractivity contribution is 0.412. The number of methoxy groups -OCH3 is 1. The van der Waals surface area contributed by atoms with E-state index in [1.54, 1.807) is 7.11 Å². The zero-order chi connectivity index (χ0) is 25.6. The molecule has 5 rings (SSSR count). The highest BCUT2D eigenvalue weighted by molar-refractivity contribution is 7.80. The minimum absolute atomic E-state index is 0.0976. The summed E-state index contributed by atoms with van der Waals surface area (Å²) in [5.74, 6) is 0.764. The van der Waals surface area contributed by atoms with Crippen molar-refractivity contribution in [3.63, 3.8) is 0 Å². The zero-order valence-electron chi connectivity index (χ0n) is 21.0. The number of rotatable bonds is 5. The molecule has 0 radical (unpaired) electrons. The van der Waals surface area contributed by atoms with Gasteiger partial charge >= 0.3 is 0 Å². The molecule has 4 aromatic rings. The van der Waals surface area contributed by atoms with Crippen LogP contribution in [0.1, 0.15) is 45.9 Å². The molecular weight excluding hydrogens is 488 g/mol. The average molecular weight is 517 g/mol. The Hall–Kier alpha value is -3.35. The van der Waals surface area contributed by atoms with Crippen LogP contribution in [0.4, 0.5) is 5.69 Å². The number of hydrogen-bond donors (Lipinski definition) is 1. The summed E-state index contributed by atoms with van der Waals surface area (Å²) in [6.45, 7) is 8.50. The molecule has 1 aliphatic rings. The van der Waals surface area contributed by atoms with Crippen LogP contribution in [0.3, 0.4) is 0 Å². The van der Waals surface area contributed by atoms with Crippen molar-refractivity contribution in [2.45, 2.75) is 39.8 Å². The molecule has 1 aliphatic heterocycles. The maximum absolute atomic E-state index is 6.40. The molecule has 1 N–H and O–H groups in total. The van der Waals surface area contributed by atoms with Gasteiger partial charge in [0.2, 0.25) is 0 Å². The third-order valence-corrected chi connectivity index (χ3v) is 7.59. The fraction of sp³-hybridized carbons (Fsp3) is 0.241. The van der Waals surface area contributed by atoms with Gasteiger partial charge in [-0.25, -0.2) is 0 Å².